The van der Waals surface area contributed by atoms with Crippen LogP contribution in [-0.2, 0) is 13.0 Å². The van der Waals surface area contributed by atoms with E-state index in [9.17, 15) is 0 Å². The predicted molar refractivity (Wildman–Crippen MR) is 81.3 cm³/mol. The maximum absolute atomic E-state index is 4.78. The van der Waals surface area contributed by atoms with Crippen LogP contribution in [0.15, 0.2) is 24.3 Å². The second kappa shape index (κ2) is 5.87. The summed E-state index contributed by atoms with van der Waals surface area (Å²) in [7, 11) is 0. The number of para-hydroxylation sites is 2. The first-order valence-corrected chi connectivity index (χ1v) is 7.61. The molecule has 1 heterocycles. The molecule has 1 aromatic heterocycles. The maximum atomic E-state index is 4.78. The summed E-state index contributed by atoms with van der Waals surface area (Å²) in [4.78, 5) is 5.35. The van der Waals surface area contributed by atoms with E-state index in [-0.39, 0.29) is 0 Å². The van der Waals surface area contributed by atoms with Gasteiger partial charge in [-0.2, -0.15) is 0 Å². The molecule has 0 aliphatic carbocycles. The summed E-state index contributed by atoms with van der Waals surface area (Å²) < 4.78 is 2.34. The van der Waals surface area contributed by atoms with E-state index in [1.54, 1.807) is 0 Å². The van der Waals surface area contributed by atoms with Crippen LogP contribution in [0.2, 0.25) is 0 Å². The van der Waals surface area contributed by atoms with E-state index in [4.69, 9.17) is 4.98 Å². The van der Waals surface area contributed by atoms with Gasteiger partial charge in [0.2, 0.25) is 0 Å². The Labute approximate surface area is 118 Å². The first kappa shape index (κ1) is 13.6. The number of nitrogens with zero attached hydrogens (tertiary/aromatic N) is 2. The monoisotopic (exact) mass is 308 g/mol. The van der Waals surface area contributed by atoms with Crippen LogP contribution in [0, 0.1) is 5.92 Å². The van der Waals surface area contributed by atoms with Crippen LogP contribution in [0.3, 0.4) is 0 Å². The van der Waals surface area contributed by atoms with Crippen molar-refractivity contribution < 1.29 is 0 Å². The van der Waals surface area contributed by atoms with Crippen molar-refractivity contribution in [2.75, 3.05) is 0 Å². The van der Waals surface area contributed by atoms with Crippen LogP contribution in [0.5, 0.6) is 0 Å². The van der Waals surface area contributed by atoms with Crippen LogP contribution in [0.25, 0.3) is 11.0 Å². The molecule has 0 N–H and O–H groups in total. The van der Waals surface area contributed by atoms with Crippen molar-refractivity contribution in [3.8, 4) is 0 Å². The molecule has 2 aromatic rings. The van der Waals surface area contributed by atoms with E-state index < -0.39 is 0 Å². The summed E-state index contributed by atoms with van der Waals surface area (Å²) in [5.74, 6) is 1.88. The Morgan fingerprint density at radius 2 is 2.00 bits per heavy atom. The van der Waals surface area contributed by atoms with Gasteiger partial charge in [0, 0.05) is 17.8 Å². The van der Waals surface area contributed by atoms with Gasteiger partial charge in [0.05, 0.1) is 11.0 Å². The molecule has 2 nitrogen and oxygen atoms in total. The van der Waals surface area contributed by atoms with E-state index in [2.05, 4.69) is 65.5 Å². The highest BCUT2D eigenvalue weighted by molar-refractivity contribution is 9.09. The first-order chi connectivity index (χ1) is 8.61. The summed E-state index contributed by atoms with van der Waals surface area (Å²) in [6, 6.07) is 8.41. The zero-order valence-electron chi connectivity index (χ0n) is 11.4. The minimum Gasteiger partial charge on any atom is -0.328 e. The summed E-state index contributed by atoms with van der Waals surface area (Å²) in [5.41, 5.74) is 2.38. The molecule has 0 radical (unpaired) electrons. The third kappa shape index (κ3) is 2.94. The van der Waals surface area contributed by atoms with Crippen molar-refractivity contribution in [1.29, 1.82) is 0 Å². The topological polar surface area (TPSA) is 17.8 Å². The van der Waals surface area contributed by atoms with Crippen molar-refractivity contribution in [3.05, 3.63) is 30.1 Å². The van der Waals surface area contributed by atoms with E-state index in [0.29, 0.717) is 10.7 Å². The van der Waals surface area contributed by atoms with E-state index >= 15 is 0 Å². The predicted octanol–water partition coefficient (Wildman–Crippen LogP) is 4.41. The number of benzene rings is 1. The van der Waals surface area contributed by atoms with E-state index in [1.807, 2.05) is 0 Å². The molecular weight excluding hydrogens is 288 g/mol. The highest BCUT2D eigenvalue weighted by atomic mass is 79.9. The van der Waals surface area contributed by atoms with Crippen LogP contribution < -0.4 is 0 Å². The molecule has 2 atom stereocenters. The number of imidazole rings is 1. The number of halogens is 1. The number of hydrogen-bond acceptors (Lipinski definition) is 1. The summed E-state index contributed by atoms with van der Waals surface area (Å²) in [6.45, 7) is 7.69. The number of alkyl halides is 1. The third-order valence-electron chi connectivity index (χ3n) is 3.31. The summed E-state index contributed by atoms with van der Waals surface area (Å²) in [5, 5.41) is 0. The summed E-state index contributed by atoms with van der Waals surface area (Å²) >= 11 is 3.63. The molecule has 0 saturated heterocycles. The summed E-state index contributed by atoms with van der Waals surface area (Å²) in [6.07, 6.45) is 2.24. The fourth-order valence-electron chi connectivity index (χ4n) is 2.58. The standard InChI is InChI=1S/C15H21BrN2/c1-4-18-14-8-6-5-7-13(14)17-15(18)10-11(2)9-12(3)16/h5-8,11-12H,4,9-10H2,1-3H3. The Balaban J connectivity index is 2.27. The van der Waals surface area contributed by atoms with E-state index in [0.717, 1.165) is 18.5 Å². The maximum Gasteiger partial charge on any atom is 0.110 e. The highest BCUT2D eigenvalue weighted by Crippen LogP contribution is 2.21. The van der Waals surface area contributed by atoms with Crippen LogP contribution in [0.4, 0.5) is 0 Å². The number of rotatable bonds is 5. The Morgan fingerprint density at radius 1 is 1.28 bits per heavy atom. The molecule has 0 aliphatic rings. The zero-order chi connectivity index (χ0) is 13.1. The second-order valence-corrected chi connectivity index (χ2v) is 6.65. The quantitative estimate of drug-likeness (QED) is 0.748. The fourth-order valence-corrected chi connectivity index (χ4v) is 3.22. The lowest BCUT2D eigenvalue weighted by molar-refractivity contribution is 0.506. The zero-order valence-corrected chi connectivity index (χ0v) is 12.9. The molecule has 0 fully saturated rings. The van der Waals surface area contributed by atoms with Crippen molar-refractivity contribution in [2.45, 2.75) is 45.0 Å². The van der Waals surface area contributed by atoms with Crippen LogP contribution in [0.1, 0.15) is 33.0 Å². The van der Waals surface area contributed by atoms with E-state index in [1.165, 1.54) is 17.8 Å². The van der Waals surface area contributed by atoms with Gasteiger partial charge in [-0.3, -0.25) is 0 Å². The Morgan fingerprint density at radius 3 is 2.67 bits per heavy atom. The molecule has 98 valence electrons. The fraction of sp³-hybridized carbons (Fsp3) is 0.533. The molecule has 2 unspecified atom stereocenters. The Bertz CT molecular complexity index is 516. The molecule has 1 aromatic carbocycles. The number of aromatic nitrogens is 2. The average Bonchev–Trinajstić information content (AvgIpc) is 2.64. The molecule has 2 rings (SSSR count). The molecule has 0 aliphatic heterocycles. The molecule has 3 heteroatoms. The molecule has 18 heavy (non-hydrogen) atoms. The van der Waals surface area contributed by atoms with Gasteiger partial charge in [-0.15, -0.1) is 0 Å². The van der Waals surface area contributed by atoms with Gasteiger partial charge < -0.3 is 4.57 Å². The Hall–Kier alpha value is -0.830. The number of hydrogen-bond donors (Lipinski definition) is 0. The normalized spacial score (nSPS) is 14.9. The SMILES string of the molecule is CCn1c(CC(C)CC(C)Br)nc2ccccc21. The number of fused-ring (bicyclic) bond motifs is 1. The van der Waals surface area contributed by atoms with Gasteiger partial charge in [-0.25, -0.2) is 4.98 Å². The minimum atomic E-state index is 0.576. The molecule has 0 amide bonds. The lowest BCUT2D eigenvalue weighted by Crippen LogP contribution is -2.10. The molecule has 0 spiro atoms. The highest BCUT2D eigenvalue weighted by Gasteiger charge is 2.13. The van der Waals surface area contributed by atoms with Gasteiger partial charge in [-0.05, 0) is 31.4 Å². The lowest BCUT2D eigenvalue weighted by atomic mass is 10.0. The Kier molecular flexibility index (Phi) is 4.44. The van der Waals surface area contributed by atoms with Crippen LogP contribution >= 0.6 is 15.9 Å². The average molecular weight is 309 g/mol. The van der Waals surface area contributed by atoms with Gasteiger partial charge in [0.25, 0.3) is 0 Å². The molecule has 0 saturated carbocycles. The van der Waals surface area contributed by atoms with Crippen molar-refractivity contribution in [1.82, 2.24) is 9.55 Å². The van der Waals surface area contributed by atoms with Crippen LogP contribution in [-0.4, -0.2) is 14.4 Å². The van der Waals surface area contributed by atoms with Crippen molar-refractivity contribution in [2.24, 2.45) is 5.92 Å². The van der Waals surface area contributed by atoms with Crippen molar-refractivity contribution >= 4 is 27.0 Å². The lowest BCUT2D eigenvalue weighted by Gasteiger charge is -2.13. The molecule has 0 bridgehead atoms. The number of aryl methyl sites for hydroxylation is 1. The van der Waals surface area contributed by atoms with Gasteiger partial charge >= 0.3 is 0 Å². The molecular formula is C15H21BrN2. The van der Waals surface area contributed by atoms with Gasteiger partial charge in [0.1, 0.15) is 5.82 Å². The minimum absolute atomic E-state index is 0.576. The van der Waals surface area contributed by atoms with Gasteiger partial charge in [-0.1, -0.05) is 41.9 Å². The largest absolute Gasteiger partial charge is 0.328 e. The van der Waals surface area contributed by atoms with Crippen molar-refractivity contribution in [3.63, 3.8) is 0 Å². The smallest absolute Gasteiger partial charge is 0.110 e. The third-order valence-corrected chi connectivity index (χ3v) is 3.68. The first-order valence-electron chi connectivity index (χ1n) is 6.70. The van der Waals surface area contributed by atoms with Gasteiger partial charge in [0.15, 0.2) is 0 Å². The second-order valence-electron chi connectivity index (χ2n) is 5.09.